The third-order valence-electron chi connectivity index (χ3n) is 5.12. The van der Waals surface area contributed by atoms with Crippen LogP contribution in [0, 0.1) is 6.92 Å². The molecule has 8 heteroatoms. The molecule has 5 rings (SSSR count). The van der Waals surface area contributed by atoms with Crippen LogP contribution in [0.25, 0.3) is 22.5 Å². The van der Waals surface area contributed by atoms with E-state index in [0.29, 0.717) is 24.2 Å². The first-order chi connectivity index (χ1) is 14.2. The molecule has 0 spiro atoms. The third-order valence-corrected chi connectivity index (χ3v) is 5.12. The number of aromatic nitrogens is 6. The van der Waals surface area contributed by atoms with Crippen LogP contribution < -0.4 is 11.1 Å². The molecule has 1 fully saturated rings. The summed E-state index contributed by atoms with van der Waals surface area (Å²) in [4.78, 5) is 16.7. The number of anilines is 2. The highest BCUT2D eigenvalue weighted by Gasteiger charge is 2.26. The lowest BCUT2D eigenvalue weighted by Crippen LogP contribution is -2.09. The average Bonchev–Trinajstić information content (AvgIpc) is 3.27. The van der Waals surface area contributed by atoms with Crippen molar-refractivity contribution >= 4 is 11.8 Å². The highest BCUT2D eigenvalue weighted by Crippen LogP contribution is 2.40. The van der Waals surface area contributed by atoms with Crippen molar-refractivity contribution in [3.05, 3.63) is 59.8 Å². The second-order valence-electron chi connectivity index (χ2n) is 7.34. The Labute approximate surface area is 168 Å². The number of nitrogens with two attached hydrogens (primary N) is 1. The van der Waals surface area contributed by atoms with E-state index in [9.17, 15) is 0 Å². The number of H-pyrrole nitrogens is 2. The second kappa shape index (κ2) is 7.05. The Morgan fingerprint density at radius 2 is 2.00 bits per heavy atom. The maximum Gasteiger partial charge on any atom is 0.225 e. The van der Waals surface area contributed by atoms with Gasteiger partial charge in [0.05, 0.1) is 35.4 Å². The SMILES string of the molecule is Cc1nc(NCc2ncc(-c3ccccc3)[nH]2)nc(N)c1-c1cc(C2CC2)[nH]n1. The van der Waals surface area contributed by atoms with E-state index in [-0.39, 0.29) is 0 Å². The van der Waals surface area contributed by atoms with Gasteiger partial charge in [-0.15, -0.1) is 0 Å². The van der Waals surface area contributed by atoms with Gasteiger partial charge in [-0.1, -0.05) is 30.3 Å². The largest absolute Gasteiger partial charge is 0.383 e. The van der Waals surface area contributed by atoms with Crippen LogP contribution in [0.3, 0.4) is 0 Å². The van der Waals surface area contributed by atoms with Gasteiger partial charge in [-0.25, -0.2) is 9.97 Å². The molecule has 0 amide bonds. The van der Waals surface area contributed by atoms with Crippen LogP contribution in [-0.2, 0) is 6.54 Å². The fourth-order valence-corrected chi connectivity index (χ4v) is 3.44. The molecule has 3 heterocycles. The number of nitrogen functional groups attached to an aromatic ring is 1. The smallest absolute Gasteiger partial charge is 0.225 e. The van der Waals surface area contributed by atoms with Crippen LogP contribution >= 0.6 is 0 Å². The van der Waals surface area contributed by atoms with Crippen molar-refractivity contribution in [1.29, 1.82) is 0 Å². The van der Waals surface area contributed by atoms with E-state index in [0.717, 1.165) is 39.7 Å². The van der Waals surface area contributed by atoms with Gasteiger partial charge in [0.15, 0.2) is 0 Å². The maximum absolute atomic E-state index is 6.24. The summed E-state index contributed by atoms with van der Waals surface area (Å²) in [5, 5.41) is 10.7. The minimum atomic E-state index is 0.415. The molecule has 1 aromatic carbocycles. The van der Waals surface area contributed by atoms with Crippen molar-refractivity contribution in [3.63, 3.8) is 0 Å². The van der Waals surface area contributed by atoms with Crippen LogP contribution in [0.4, 0.5) is 11.8 Å². The fraction of sp³-hybridized carbons (Fsp3) is 0.238. The Bertz CT molecular complexity index is 1120. The summed E-state index contributed by atoms with van der Waals surface area (Å²) in [6.07, 6.45) is 4.26. The molecule has 29 heavy (non-hydrogen) atoms. The van der Waals surface area contributed by atoms with Crippen molar-refractivity contribution in [3.8, 4) is 22.5 Å². The number of imidazole rings is 1. The molecule has 0 unspecified atom stereocenters. The highest BCUT2D eigenvalue weighted by molar-refractivity contribution is 5.74. The number of benzene rings is 1. The number of rotatable bonds is 6. The summed E-state index contributed by atoms with van der Waals surface area (Å²) >= 11 is 0. The lowest BCUT2D eigenvalue weighted by molar-refractivity contribution is 0.957. The van der Waals surface area contributed by atoms with Gasteiger partial charge in [0.25, 0.3) is 0 Å². The quantitative estimate of drug-likeness (QED) is 0.401. The lowest BCUT2D eigenvalue weighted by atomic mass is 10.1. The molecule has 0 bridgehead atoms. The topological polar surface area (TPSA) is 121 Å². The van der Waals surface area contributed by atoms with Gasteiger partial charge in [-0.2, -0.15) is 10.1 Å². The zero-order valence-electron chi connectivity index (χ0n) is 16.1. The first-order valence-electron chi connectivity index (χ1n) is 9.70. The lowest BCUT2D eigenvalue weighted by Gasteiger charge is -2.09. The summed E-state index contributed by atoms with van der Waals surface area (Å²) < 4.78 is 0. The van der Waals surface area contributed by atoms with Gasteiger partial charge in [-0.3, -0.25) is 5.10 Å². The van der Waals surface area contributed by atoms with Crippen LogP contribution in [0.15, 0.2) is 42.6 Å². The molecule has 5 N–H and O–H groups in total. The van der Waals surface area contributed by atoms with E-state index in [2.05, 4.69) is 41.5 Å². The monoisotopic (exact) mass is 386 g/mol. The number of hydrogen-bond donors (Lipinski definition) is 4. The van der Waals surface area contributed by atoms with E-state index in [1.54, 1.807) is 0 Å². The van der Waals surface area contributed by atoms with E-state index in [1.165, 1.54) is 12.8 Å². The molecular formula is C21H22N8. The van der Waals surface area contributed by atoms with Crippen LogP contribution in [-0.4, -0.2) is 30.1 Å². The van der Waals surface area contributed by atoms with Crippen molar-refractivity contribution in [1.82, 2.24) is 30.1 Å². The first-order valence-corrected chi connectivity index (χ1v) is 9.70. The average molecular weight is 386 g/mol. The van der Waals surface area contributed by atoms with E-state index >= 15 is 0 Å². The predicted octanol–water partition coefficient (Wildman–Crippen LogP) is 3.64. The third kappa shape index (κ3) is 3.56. The maximum atomic E-state index is 6.24. The molecule has 1 saturated carbocycles. The van der Waals surface area contributed by atoms with Crippen LogP contribution in [0.1, 0.15) is 36.0 Å². The summed E-state index contributed by atoms with van der Waals surface area (Å²) in [5.74, 6) is 2.29. The summed E-state index contributed by atoms with van der Waals surface area (Å²) in [5.41, 5.74) is 11.8. The molecule has 0 aliphatic heterocycles. The number of nitrogens with zero attached hydrogens (tertiary/aromatic N) is 4. The molecule has 4 aromatic rings. The Hall–Kier alpha value is -3.68. The molecule has 8 nitrogen and oxygen atoms in total. The first kappa shape index (κ1) is 17.4. The Morgan fingerprint density at radius 1 is 1.17 bits per heavy atom. The van der Waals surface area contributed by atoms with Crippen molar-refractivity contribution in [2.45, 2.75) is 32.2 Å². The number of aromatic amines is 2. The highest BCUT2D eigenvalue weighted by atomic mass is 15.2. The van der Waals surface area contributed by atoms with Crippen LogP contribution in [0.5, 0.6) is 0 Å². The Balaban J connectivity index is 1.31. The summed E-state index contributed by atoms with van der Waals surface area (Å²) in [7, 11) is 0. The van der Waals surface area contributed by atoms with E-state index < -0.39 is 0 Å². The van der Waals surface area contributed by atoms with Crippen molar-refractivity contribution in [2.75, 3.05) is 11.1 Å². The number of nitrogens with one attached hydrogen (secondary N) is 3. The van der Waals surface area contributed by atoms with Gasteiger partial charge in [0, 0.05) is 11.6 Å². The Morgan fingerprint density at radius 3 is 2.76 bits per heavy atom. The van der Waals surface area contributed by atoms with Crippen molar-refractivity contribution in [2.24, 2.45) is 0 Å². The second-order valence-corrected chi connectivity index (χ2v) is 7.34. The summed E-state index contributed by atoms with van der Waals surface area (Å²) in [6.45, 7) is 2.39. The van der Waals surface area contributed by atoms with E-state index in [4.69, 9.17) is 5.73 Å². The minimum Gasteiger partial charge on any atom is -0.383 e. The van der Waals surface area contributed by atoms with Gasteiger partial charge in [0.2, 0.25) is 5.95 Å². The van der Waals surface area contributed by atoms with Gasteiger partial charge in [0.1, 0.15) is 11.6 Å². The summed E-state index contributed by atoms with van der Waals surface area (Å²) in [6, 6.07) is 12.1. The van der Waals surface area contributed by atoms with Crippen molar-refractivity contribution < 1.29 is 0 Å². The van der Waals surface area contributed by atoms with Gasteiger partial charge in [-0.05, 0) is 31.4 Å². The standard InChI is InChI=1S/C21H22N8/c1-12-19(16-9-15(28-29-16)14-7-8-14)20(22)27-21(25-12)24-11-18-23-10-17(26-18)13-5-3-2-4-6-13/h2-6,9-10,14H,7-8,11H2,1H3,(H,23,26)(H,28,29)(H3,22,24,25,27). The normalized spacial score (nSPS) is 13.6. The zero-order chi connectivity index (χ0) is 19.8. The molecular weight excluding hydrogens is 364 g/mol. The van der Waals surface area contributed by atoms with E-state index in [1.807, 2.05) is 43.5 Å². The number of hydrogen-bond acceptors (Lipinski definition) is 6. The minimum absolute atomic E-state index is 0.415. The number of aryl methyl sites for hydroxylation is 1. The molecule has 3 aromatic heterocycles. The molecule has 146 valence electrons. The molecule has 1 aliphatic rings. The zero-order valence-corrected chi connectivity index (χ0v) is 16.1. The predicted molar refractivity (Wildman–Crippen MR) is 112 cm³/mol. The molecule has 1 aliphatic carbocycles. The molecule has 0 saturated heterocycles. The van der Waals surface area contributed by atoms with Gasteiger partial charge >= 0.3 is 0 Å². The molecule has 0 atom stereocenters. The van der Waals surface area contributed by atoms with Crippen LogP contribution in [0.2, 0.25) is 0 Å². The molecule has 0 radical (unpaired) electrons. The fourth-order valence-electron chi connectivity index (χ4n) is 3.44. The Kier molecular flexibility index (Phi) is 4.23. The van der Waals surface area contributed by atoms with Gasteiger partial charge < -0.3 is 16.0 Å².